The van der Waals surface area contributed by atoms with Gasteiger partial charge < -0.3 is 4.90 Å². The van der Waals surface area contributed by atoms with Crippen molar-refractivity contribution in [2.24, 2.45) is 11.1 Å². The van der Waals surface area contributed by atoms with E-state index in [1.165, 1.54) is 12.1 Å². The van der Waals surface area contributed by atoms with E-state index < -0.39 is 20.7 Å². The molecule has 1 amide bonds. The van der Waals surface area contributed by atoms with Gasteiger partial charge in [-0.2, -0.15) is 0 Å². The minimum absolute atomic E-state index is 0.0666. The first-order valence-electron chi connectivity index (χ1n) is 8.18. The molecule has 0 unspecified atom stereocenters. The highest BCUT2D eigenvalue weighted by molar-refractivity contribution is 9.10. The Morgan fingerprint density at radius 1 is 1.15 bits per heavy atom. The van der Waals surface area contributed by atoms with Gasteiger partial charge in [0.05, 0.1) is 0 Å². The molecule has 0 spiro atoms. The number of nitrogens with zero attached hydrogens (tertiary/aromatic N) is 1. The van der Waals surface area contributed by atoms with Gasteiger partial charge in [0.1, 0.15) is 10.7 Å². The number of halogens is 2. The van der Waals surface area contributed by atoms with Crippen LogP contribution >= 0.6 is 15.9 Å². The number of nitrogens with two attached hydrogens (primary N) is 1. The number of sulfonamides is 1. The molecule has 2 aromatic carbocycles. The molecular formula is C18H16BrFN2O3S. The molecule has 0 fully saturated rings. The van der Waals surface area contributed by atoms with Crippen molar-refractivity contribution in [2.75, 3.05) is 11.4 Å². The summed E-state index contributed by atoms with van der Waals surface area (Å²) in [6, 6.07) is 8.35. The van der Waals surface area contributed by atoms with Crippen molar-refractivity contribution in [3.8, 4) is 0 Å². The molecule has 0 saturated carbocycles. The molecule has 0 bridgehead atoms. The van der Waals surface area contributed by atoms with Crippen LogP contribution in [-0.2, 0) is 34.1 Å². The average Bonchev–Trinajstić information content (AvgIpc) is 3.15. The smallest absolute Gasteiger partial charge is 0.241 e. The zero-order valence-corrected chi connectivity index (χ0v) is 16.1. The molecule has 1 aliphatic heterocycles. The van der Waals surface area contributed by atoms with Gasteiger partial charge in [0.25, 0.3) is 0 Å². The van der Waals surface area contributed by atoms with Crippen LogP contribution in [0.25, 0.3) is 0 Å². The Morgan fingerprint density at radius 2 is 1.88 bits per heavy atom. The van der Waals surface area contributed by atoms with Gasteiger partial charge in [-0.15, -0.1) is 0 Å². The van der Waals surface area contributed by atoms with Crippen molar-refractivity contribution >= 4 is 37.5 Å². The SMILES string of the molecule is NS(=O)(=O)c1cc2c(cc1F)CCN2C(=O)[C@@H]1Cc2ccc(Br)cc2C1. The predicted octanol–water partition coefficient (Wildman–Crippen LogP) is 2.54. The zero-order valence-electron chi connectivity index (χ0n) is 13.7. The molecule has 136 valence electrons. The predicted molar refractivity (Wildman–Crippen MR) is 98.9 cm³/mol. The topological polar surface area (TPSA) is 80.5 Å². The summed E-state index contributed by atoms with van der Waals surface area (Å²) >= 11 is 3.44. The molecule has 5 nitrogen and oxygen atoms in total. The van der Waals surface area contributed by atoms with E-state index in [2.05, 4.69) is 15.9 Å². The number of carbonyl (C=O) groups excluding carboxylic acids is 1. The second-order valence-corrected chi connectivity index (χ2v) is 9.16. The third kappa shape index (κ3) is 2.95. The van der Waals surface area contributed by atoms with Gasteiger partial charge in [-0.1, -0.05) is 22.0 Å². The molecule has 0 saturated heterocycles. The molecule has 0 aromatic heterocycles. The summed E-state index contributed by atoms with van der Waals surface area (Å²) in [5, 5.41) is 5.09. The average molecular weight is 439 g/mol. The van der Waals surface area contributed by atoms with Crippen molar-refractivity contribution in [2.45, 2.75) is 24.2 Å². The lowest BCUT2D eigenvalue weighted by molar-refractivity contribution is -0.122. The molecule has 26 heavy (non-hydrogen) atoms. The van der Waals surface area contributed by atoms with E-state index in [-0.39, 0.29) is 11.8 Å². The Hall–Kier alpha value is -1.77. The highest BCUT2D eigenvalue weighted by Crippen LogP contribution is 2.36. The Kier molecular flexibility index (Phi) is 4.17. The Bertz CT molecular complexity index is 1040. The fraction of sp³-hybridized carbons (Fsp3) is 0.278. The van der Waals surface area contributed by atoms with Crippen molar-refractivity contribution < 1.29 is 17.6 Å². The molecular weight excluding hydrogens is 423 g/mol. The van der Waals surface area contributed by atoms with E-state index in [4.69, 9.17) is 5.14 Å². The molecule has 1 atom stereocenters. The van der Waals surface area contributed by atoms with Crippen LogP contribution in [0.5, 0.6) is 0 Å². The van der Waals surface area contributed by atoms with Crippen LogP contribution in [0.3, 0.4) is 0 Å². The molecule has 8 heteroatoms. The van der Waals surface area contributed by atoms with Crippen molar-refractivity contribution in [1.29, 1.82) is 0 Å². The number of fused-ring (bicyclic) bond motifs is 2. The maximum atomic E-state index is 14.0. The van der Waals surface area contributed by atoms with E-state index in [0.717, 1.165) is 15.6 Å². The fourth-order valence-corrected chi connectivity index (χ4v) is 4.83. The molecule has 0 radical (unpaired) electrons. The molecule has 2 aliphatic rings. The Morgan fingerprint density at radius 3 is 2.62 bits per heavy atom. The van der Waals surface area contributed by atoms with Gasteiger partial charge >= 0.3 is 0 Å². The monoisotopic (exact) mass is 438 g/mol. The fourth-order valence-electron chi connectivity index (χ4n) is 3.82. The highest BCUT2D eigenvalue weighted by atomic mass is 79.9. The quantitative estimate of drug-likeness (QED) is 0.781. The van der Waals surface area contributed by atoms with Crippen LogP contribution in [0.15, 0.2) is 39.7 Å². The van der Waals surface area contributed by atoms with Crippen molar-refractivity contribution in [1.82, 2.24) is 0 Å². The first-order valence-corrected chi connectivity index (χ1v) is 10.5. The summed E-state index contributed by atoms with van der Waals surface area (Å²) in [7, 11) is -4.19. The normalized spacial score (nSPS) is 18.7. The van der Waals surface area contributed by atoms with E-state index in [1.807, 2.05) is 18.2 Å². The number of hydrogen-bond donors (Lipinski definition) is 1. The third-order valence-electron chi connectivity index (χ3n) is 5.05. The Labute approximate surface area is 159 Å². The number of amides is 1. The number of carbonyl (C=O) groups is 1. The summed E-state index contributed by atoms with van der Waals surface area (Å²) in [6.07, 6.45) is 1.79. The zero-order chi connectivity index (χ0) is 18.6. The number of hydrogen-bond acceptors (Lipinski definition) is 3. The molecule has 2 N–H and O–H groups in total. The lowest BCUT2D eigenvalue weighted by Crippen LogP contribution is -2.35. The van der Waals surface area contributed by atoms with Crippen LogP contribution in [-0.4, -0.2) is 20.9 Å². The largest absolute Gasteiger partial charge is 0.312 e. The number of benzene rings is 2. The molecule has 2 aromatic rings. The molecule has 1 aliphatic carbocycles. The first kappa shape index (κ1) is 17.6. The van der Waals surface area contributed by atoms with Gasteiger partial charge in [0, 0.05) is 22.6 Å². The second-order valence-electron chi connectivity index (χ2n) is 6.71. The molecule has 4 rings (SSSR count). The number of primary sulfonamides is 1. The minimum Gasteiger partial charge on any atom is -0.312 e. The van der Waals surface area contributed by atoms with Crippen LogP contribution < -0.4 is 10.0 Å². The lowest BCUT2D eigenvalue weighted by atomic mass is 10.0. The van der Waals surface area contributed by atoms with Crippen LogP contribution in [0.2, 0.25) is 0 Å². The summed E-state index contributed by atoms with van der Waals surface area (Å²) < 4.78 is 38.2. The van der Waals surface area contributed by atoms with Crippen LogP contribution in [0, 0.1) is 11.7 Å². The third-order valence-corrected chi connectivity index (χ3v) is 6.47. The maximum Gasteiger partial charge on any atom is 0.241 e. The standard InChI is InChI=1S/C18H16BrFN2O3S/c19-14-2-1-10-5-13(6-12(10)7-14)18(23)22-4-3-11-8-15(20)17(9-16(11)22)26(21,24)25/h1-2,7-9,13H,3-6H2,(H2,21,24,25)/t13-/m1/s1. The number of anilines is 1. The van der Waals surface area contributed by atoms with Gasteiger partial charge in [-0.3, -0.25) is 4.79 Å². The summed E-state index contributed by atoms with van der Waals surface area (Å²) in [4.78, 5) is 14.0. The van der Waals surface area contributed by atoms with Gasteiger partial charge in [0.15, 0.2) is 0 Å². The Balaban J connectivity index is 1.65. The minimum atomic E-state index is -4.19. The van der Waals surface area contributed by atoms with Gasteiger partial charge in [0.2, 0.25) is 15.9 Å². The van der Waals surface area contributed by atoms with E-state index in [0.29, 0.717) is 37.1 Å². The number of rotatable bonds is 2. The van der Waals surface area contributed by atoms with Crippen molar-refractivity contribution in [3.05, 3.63) is 57.3 Å². The van der Waals surface area contributed by atoms with Gasteiger partial charge in [-0.25, -0.2) is 17.9 Å². The summed E-state index contributed by atoms with van der Waals surface area (Å²) in [5.41, 5.74) is 3.36. The van der Waals surface area contributed by atoms with E-state index in [1.54, 1.807) is 4.90 Å². The summed E-state index contributed by atoms with van der Waals surface area (Å²) in [6.45, 7) is 0.415. The van der Waals surface area contributed by atoms with E-state index in [9.17, 15) is 17.6 Å². The highest BCUT2D eigenvalue weighted by Gasteiger charge is 2.35. The van der Waals surface area contributed by atoms with Gasteiger partial charge in [-0.05, 0) is 60.2 Å². The lowest BCUT2D eigenvalue weighted by Gasteiger charge is -2.21. The maximum absolute atomic E-state index is 14.0. The van der Waals surface area contributed by atoms with Crippen LogP contribution in [0.1, 0.15) is 16.7 Å². The van der Waals surface area contributed by atoms with E-state index >= 15 is 0 Å². The second kappa shape index (κ2) is 6.14. The van der Waals surface area contributed by atoms with Crippen molar-refractivity contribution in [3.63, 3.8) is 0 Å². The van der Waals surface area contributed by atoms with Crippen LogP contribution in [0.4, 0.5) is 10.1 Å². The summed E-state index contributed by atoms with van der Waals surface area (Å²) in [5.74, 6) is -1.14. The molecule has 1 heterocycles. The first-order chi connectivity index (χ1) is 12.2.